The van der Waals surface area contributed by atoms with Crippen LogP contribution in [-0.2, 0) is 9.47 Å². The summed E-state index contributed by atoms with van der Waals surface area (Å²) in [4.78, 5) is 0. The first-order valence-electron chi connectivity index (χ1n) is 9.65. The van der Waals surface area contributed by atoms with Crippen LogP contribution in [0.15, 0.2) is 0 Å². The number of epoxide rings is 2. The van der Waals surface area contributed by atoms with Gasteiger partial charge in [0.05, 0.1) is 29.0 Å². The predicted molar refractivity (Wildman–Crippen MR) is 90.3 cm³/mol. The average molecular weight is 322 g/mol. The summed E-state index contributed by atoms with van der Waals surface area (Å²) in [7, 11) is 0. The Labute approximate surface area is 141 Å². The second-order valence-corrected chi connectivity index (χ2v) is 10.1. The summed E-state index contributed by atoms with van der Waals surface area (Å²) in [6, 6.07) is 0. The van der Waals surface area contributed by atoms with E-state index in [1.165, 1.54) is 6.42 Å². The van der Waals surface area contributed by atoms with Crippen molar-refractivity contribution < 1.29 is 14.6 Å². The molecule has 0 spiro atoms. The normalized spacial score (nSPS) is 58.2. The molecule has 2 bridgehead atoms. The molecule has 2 saturated carbocycles. The van der Waals surface area contributed by atoms with Crippen LogP contribution in [0.1, 0.15) is 79.6 Å². The predicted octanol–water partition coefficient (Wildman–Crippen LogP) is 4.07. The van der Waals surface area contributed by atoms with Gasteiger partial charge in [-0.3, -0.25) is 0 Å². The Morgan fingerprint density at radius 1 is 0.783 bits per heavy atom. The molecule has 3 nitrogen and oxygen atoms in total. The molecule has 0 aromatic rings. The third-order valence-electron chi connectivity index (χ3n) is 8.10. The number of fused-ring (bicyclic) bond motifs is 4. The van der Waals surface area contributed by atoms with Gasteiger partial charge in [-0.25, -0.2) is 0 Å². The van der Waals surface area contributed by atoms with Crippen LogP contribution in [0.4, 0.5) is 0 Å². The second-order valence-electron chi connectivity index (χ2n) is 10.1. The Kier molecular flexibility index (Phi) is 3.37. The third-order valence-corrected chi connectivity index (χ3v) is 8.10. The van der Waals surface area contributed by atoms with Gasteiger partial charge in [-0.1, -0.05) is 13.8 Å². The highest BCUT2D eigenvalue weighted by atomic mass is 16.6. The summed E-state index contributed by atoms with van der Waals surface area (Å²) in [5, 5.41) is 11.1. The molecule has 0 unspecified atom stereocenters. The van der Waals surface area contributed by atoms with Crippen LogP contribution in [0.25, 0.3) is 0 Å². The van der Waals surface area contributed by atoms with Crippen molar-refractivity contribution in [2.24, 2.45) is 17.3 Å². The number of hydrogen-bond donors (Lipinski definition) is 1. The van der Waals surface area contributed by atoms with E-state index in [0.717, 1.165) is 38.5 Å². The first kappa shape index (κ1) is 16.4. The highest BCUT2D eigenvalue weighted by Crippen LogP contribution is 2.58. The van der Waals surface area contributed by atoms with Gasteiger partial charge in [0, 0.05) is 0 Å². The number of ether oxygens (including phenoxy) is 2. The lowest BCUT2D eigenvalue weighted by Crippen LogP contribution is -2.52. The van der Waals surface area contributed by atoms with E-state index in [-0.39, 0.29) is 16.6 Å². The molecule has 2 aliphatic carbocycles. The van der Waals surface area contributed by atoms with E-state index in [2.05, 4.69) is 34.6 Å². The fourth-order valence-electron chi connectivity index (χ4n) is 5.99. The second kappa shape index (κ2) is 4.74. The van der Waals surface area contributed by atoms with Crippen LogP contribution in [0, 0.1) is 17.3 Å². The number of rotatable bonds is 0. The Morgan fingerprint density at radius 3 is 2.13 bits per heavy atom. The van der Waals surface area contributed by atoms with E-state index >= 15 is 0 Å². The molecular weight excluding hydrogens is 288 g/mol. The maximum absolute atomic E-state index is 11.1. The highest BCUT2D eigenvalue weighted by Gasteiger charge is 2.60. The lowest BCUT2D eigenvalue weighted by molar-refractivity contribution is -0.123. The van der Waals surface area contributed by atoms with Crippen molar-refractivity contribution in [3.05, 3.63) is 0 Å². The van der Waals surface area contributed by atoms with Gasteiger partial charge in [0.15, 0.2) is 0 Å². The molecule has 4 fully saturated rings. The van der Waals surface area contributed by atoms with Crippen molar-refractivity contribution in [2.75, 3.05) is 0 Å². The van der Waals surface area contributed by atoms with Crippen LogP contribution in [0.5, 0.6) is 0 Å². The average Bonchev–Trinajstić information content (AvgIpc) is 3.27. The number of aliphatic hydroxyl groups is 1. The fourth-order valence-corrected chi connectivity index (χ4v) is 5.99. The van der Waals surface area contributed by atoms with Crippen molar-refractivity contribution in [1.29, 1.82) is 0 Å². The van der Waals surface area contributed by atoms with E-state index in [1.807, 2.05) is 0 Å². The molecule has 132 valence electrons. The molecule has 0 aromatic heterocycles. The maximum Gasteiger partial charge on any atom is 0.0921 e. The first-order chi connectivity index (χ1) is 10.6. The van der Waals surface area contributed by atoms with Crippen LogP contribution >= 0.6 is 0 Å². The fraction of sp³-hybridized carbons (Fsp3) is 1.00. The van der Waals surface area contributed by atoms with E-state index in [1.54, 1.807) is 0 Å². The Balaban J connectivity index is 1.62. The van der Waals surface area contributed by atoms with Crippen molar-refractivity contribution in [1.82, 2.24) is 0 Å². The Morgan fingerprint density at radius 2 is 1.39 bits per heavy atom. The Bertz CT molecular complexity index is 499. The van der Waals surface area contributed by atoms with Crippen molar-refractivity contribution in [3.63, 3.8) is 0 Å². The van der Waals surface area contributed by atoms with Gasteiger partial charge in [0.25, 0.3) is 0 Å². The summed E-state index contributed by atoms with van der Waals surface area (Å²) in [5.41, 5.74) is -0.260. The van der Waals surface area contributed by atoms with Crippen LogP contribution in [0.3, 0.4) is 0 Å². The van der Waals surface area contributed by atoms with Gasteiger partial charge in [-0.15, -0.1) is 0 Å². The molecule has 0 radical (unpaired) electrons. The van der Waals surface area contributed by atoms with Gasteiger partial charge in [0.1, 0.15) is 0 Å². The van der Waals surface area contributed by atoms with Gasteiger partial charge >= 0.3 is 0 Å². The topological polar surface area (TPSA) is 45.3 Å². The minimum atomic E-state index is -0.543. The highest BCUT2D eigenvalue weighted by molar-refractivity contribution is 5.09. The third kappa shape index (κ3) is 2.58. The lowest BCUT2D eigenvalue weighted by Gasteiger charge is -2.53. The smallest absolute Gasteiger partial charge is 0.0921 e. The molecule has 7 atom stereocenters. The van der Waals surface area contributed by atoms with Crippen LogP contribution < -0.4 is 0 Å². The maximum atomic E-state index is 11.1. The summed E-state index contributed by atoms with van der Waals surface area (Å²) in [5.74, 6) is 1.00. The largest absolute Gasteiger partial charge is 0.390 e. The van der Waals surface area contributed by atoms with Gasteiger partial charge in [-0.2, -0.15) is 0 Å². The van der Waals surface area contributed by atoms with Gasteiger partial charge in [-0.05, 0) is 83.0 Å². The van der Waals surface area contributed by atoms with E-state index in [9.17, 15) is 5.11 Å². The van der Waals surface area contributed by atoms with Crippen molar-refractivity contribution in [2.45, 2.75) is 109 Å². The molecule has 4 aliphatic rings. The van der Waals surface area contributed by atoms with E-state index < -0.39 is 5.60 Å². The molecular formula is C20H34O3. The first-order valence-corrected chi connectivity index (χ1v) is 9.65. The summed E-state index contributed by atoms with van der Waals surface area (Å²) < 4.78 is 12.2. The monoisotopic (exact) mass is 322 g/mol. The molecule has 3 heteroatoms. The molecule has 2 aliphatic heterocycles. The van der Waals surface area contributed by atoms with Crippen molar-refractivity contribution >= 4 is 0 Å². The van der Waals surface area contributed by atoms with Crippen LogP contribution in [-0.4, -0.2) is 34.1 Å². The molecule has 2 saturated heterocycles. The lowest BCUT2D eigenvalue weighted by atomic mass is 9.54. The standard InChI is InChI=1S/C20H34O3/c1-17(2)13-6-9-18(3,21)14(17)7-10-19(4)15(22-19)8-11-20(5)16(12-13)23-20/h13-16,21H,6-12H2,1-5H3/t13-,14-,15-,16-,18-,19+,20-/m1/s1. The summed E-state index contributed by atoms with van der Waals surface area (Å²) >= 11 is 0. The van der Waals surface area contributed by atoms with Crippen LogP contribution in [0.2, 0.25) is 0 Å². The summed E-state index contributed by atoms with van der Waals surface area (Å²) in [6.45, 7) is 11.4. The zero-order chi connectivity index (χ0) is 16.7. The molecule has 23 heavy (non-hydrogen) atoms. The molecule has 0 amide bonds. The van der Waals surface area contributed by atoms with Crippen molar-refractivity contribution in [3.8, 4) is 0 Å². The van der Waals surface area contributed by atoms with E-state index in [4.69, 9.17) is 9.47 Å². The molecule has 2 heterocycles. The summed E-state index contributed by atoms with van der Waals surface area (Å²) in [6.07, 6.45) is 8.45. The van der Waals surface area contributed by atoms with E-state index in [0.29, 0.717) is 24.0 Å². The minimum Gasteiger partial charge on any atom is -0.390 e. The molecule has 1 N–H and O–H groups in total. The zero-order valence-electron chi connectivity index (χ0n) is 15.5. The Hall–Kier alpha value is -0.120. The number of hydrogen-bond acceptors (Lipinski definition) is 3. The van der Waals surface area contributed by atoms with Gasteiger partial charge in [0.2, 0.25) is 0 Å². The quantitative estimate of drug-likeness (QED) is 0.684. The zero-order valence-corrected chi connectivity index (χ0v) is 15.5. The SMILES string of the molecule is CC1(C)[C@@H]2CC[C@@](C)(O)[C@@H]1CC[C@]1(C)O[C@@H]1CC[C@@]1(C)O[C@@H]1C2. The van der Waals surface area contributed by atoms with Gasteiger partial charge < -0.3 is 14.6 Å². The minimum absolute atomic E-state index is 0.0407. The molecule has 0 aromatic carbocycles. The molecule has 4 rings (SSSR count).